The molecule has 0 heterocycles. The van der Waals surface area contributed by atoms with Crippen LogP contribution < -0.4 is 21.7 Å². The SMILES string of the molecule is CCC(C)C(NC(=O)C(CC(=O)O)NC(=O)C(N)C(C)C)C(=O)NCC(=O)O. The van der Waals surface area contributed by atoms with Crippen LogP contribution in [-0.4, -0.2) is 64.5 Å². The minimum atomic E-state index is -1.44. The molecule has 3 amide bonds. The van der Waals surface area contributed by atoms with Gasteiger partial charge in [-0.15, -0.1) is 0 Å². The Morgan fingerprint density at radius 3 is 1.89 bits per heavy atom. The number of hydrogen-bond acceptors (Lipinski definition) is 6. The van der Waals surface area contributed by atoms with E-state index in [1.807, 2.05) is 0 Å². The molecular weight excluding hydrogens is 372 g/mol. The van der Waals surface area contributed by atoms with Gasteiger partial charge in [-0.2, -0.15) is 0 Å². The van der Waals surface area contributed by atoms with Gasteiger partial charge in [-0.1, -0.05) is 34.1 Å². The zero-order valence-corrected chi connectivity index (χ0v) is 16.5. The smallest absolute Gasteiger partial charge is 0.322 e. The van der Waals surface area contributed by atoms with Crippen LogP contribution in [0.5, 0.6) is 0 Å². The van der Waals surface area contributed by atoms with E-state index in [9.17, 15) is 24.0 Å². The maximum Gasteiger partial charge on any atom is 0.322 e. The summed E-state index contributed by atoms with van der Waals surface area (Å²) in [6.45, 7) is 6.21. The summed E-state index contributed by atoms with van der Waals surface area (Å²) in [5, 5.41) is 24.6. The maximum absolute atomic E-state index is 12.6. The van der Waals surface area contributed by atoms with Crippen molar-refractivity contribution in [3.63, 3.8) is 0 Å². The monoisotopic (exact) mass is 402 g/mol. The third-order valence-electron chi connectivity index (χ3n) is 4.24. The fourth-order valence-electron chi connectivity index (χ4n) is 2.18. The number of aliphatic carboxylic acids is 2. The summed E-state index contributed by atoms with van der Waals surface area (Å²) in [5.41, 5.74) is 5.72. The van der Waals surface area contributed by atoms with Gasteiger partial charge < -0.3 is 31.9 Å². The molecule has 160 valence electrons. The molecule has 0 aromatic rings. The summed E-state index contributed by atoms with van der Waals surface area (Å²) < 4.78 is 0. The average molecular weight is 402 g/mol. The number of rotatable bonds is 12. The number of hydrogen-bond donors (Lipinski definition) is 6. The second-order valence-electron chi connectivity index (χ2n) is 6.91. The molecule has 0 aliphatic rings. The summed E-state index contributed by atoms with van der Waals surface area (Å²) in [4.78, 5) is 58.6. The molecule has 0 aliphatic carbocycles. The number of carboxylic acids is 2. The van der Waals surface area contributed by atoms with Crippen LogP contribution >= 0.6 is 0 Å². The van der Waals surface area contributed by atoms with Crippen molar-refractivity contribution in [2.45, 2.75) is 58.7 Å². The Hall–Kier alpha value is -2.69. The summed E-state index contributed by atoms with van der Waals surface area (Å²) >= 11 is 0. The van der Waals surface area contributed by atoms with Crippen molar-refractivity contribution < 1.29 is 34.2 Å². The molecule has 0 fully saturated rings. The van der Waals surface area contributed by atoms with Crippen molar-refractivity contribution in [3.05, 3.63) is 0 Å². The van der Waals surface area contributed by atoms with Crippen molar-refractivity contribution in [1.82, 2.24) is 16.0 Å². The zero-order valence-electron chi connectivity index (χ0n) is 16.5. The highest BCUT2D eigenvalue weighted by molar-refractivity contribution is 5.95. The van der Waals surface area contributed by atoms with Crippen LogP contribution in [0, 0.1) is 11.8 Å². The van der Waals surface area contributed by atoms with E-state index in [0.717, 1.165) is 0 Å². The number of amides is 3. The van der Waals surface area contributed by atoms with Crippen LogP contribution in [0.3, 0.4) is 0 Å². The molecule has 0 saturated carbocycles. The lowest BCUT2D eigenvalue weighted by Gasteiger charge is -2.26. The van der Waals surface area contributed by atoms with Gasteiger partial charge in [0.25, 0.3) is 0 Å². The number of carbonyl (C=O) groups excluding carboxylic acids is 3. The highest BCUT2D eigenvalue weighted by atomic mass is 16.4. The van der Waals surface area contributed by atoms with Crippen LogP contribution in [0.4, 0.5) is 0 Å². The molecule has 0 radical (unpaired) electrons. The molecule has 11 nitrogen and oxygen atoms in total. The Morgan fingerprint density at radius 1 is 0.893 bits per heavy atom. The molecule has 0 saturated heterocycles. The summed E-state index contributed by atoms with van der Waals surface area (Å²) in [7, 11) is 0. The van der Waals surface area contributed by atoms with Crippen LogP contribution in [-0.2, 0) is 24.0 Å². The van der Waals surface area contributed by atoms with E-state index in [4.69, 9.17) is 15.9 Å². The van der Waals surface area contributed by atoms with Crippen LogP contribution in [0.2, 0.25) is 0 Å². The van der Waals surface area contributed by atoms with Gasteiger partial charge in [0.15, 0.2) is 0 Å². The van der Waals surface area contributed by atoms with Crippen molar-refractivity contribution in [2.24, 2.45) is 17.6 Å². The van der Waals surface area contributed by atoms with Gasteiger partial charge in [-0.25, -0.2) is 0 Å². The van der Waals surface area contributed by atoms with E-state index >= 15 is 0 Å². The molecule has 0 aromatic heterocycles. The average Bonchev–Trinajstić information content (AvgIpc) is 2.61. The first-order chi connectivity index (χ1) is 12.9. The van der Waals surface area contributed by atoms with Gasteiger partial charge in [0.05, 0.1) is 12.5 Å². The van der Waals surface area contributed by atoms with E-state index in [1.165, 1.54) is 0 Å². The van der Waals surface area contributed by atoms with E-state index in [2.05, 4.69) is 16.0 Å². The Kier molecular flexibility index (Phi) is 10.8. The lowest BCUT2D eigenvalue weighted by molar-refractivity contribution is -0.142. The third-order valence-corrected chi connectivity index (χ3v) is 4.24. The minimum Gasteiger partial charge on any atom is -0.481 e. The van der Waals surface area contributed by atoms with Gasteiger partial charge in [-0.05, 0) is 11.8 Å². The van der Waals surface area contributed by atoms with E-state index in [-0.39, 0.29) is 11.8 Å². The standard InChI is InChI=1S/C17H30N4O7/c1-5-9(4)14(17(28)19-7-12(24)25)21-15(26)10(6-11(22)23)20-16(27)13(18)8(2)3/h8-10,13-14H,5-7,18H2,1-4H3,(H,19,28)(H,20,27)(H,21,26)(H,22,23)(H,24,25). The molecule has 11 heteroatoms. The molecule has 0 aliphatic heterocycles. The third kappa shape index (κ3) is 8.80. The number of nitrogens with one attached hydrogen (secondary N) is 3. The second-order valence-corrected chi connectivity index (χ2v) is 6.91. The van der Waals surface area contributed by atoms with Crippen LogP contribution in [0.15, 0.2) is 0 Å². The molecule has 4 unspecified atom stereocenters. The first-order valence-electron chi connectivity index (χ1n) is 8.98. The predicted octanol–water partition coefficient (Wildman–Crippen LogP) is -1.34. The van der Waals surface area contributed by atoms with Gasteiger partial charge in [0.2, 0.25) is 17.7 Å². The molecule has 0 spiro atoms. The molecule has 28 heavy (non-hydrogen) atoms. The highest BCUT2D eigenvalue weighted by Gasteiger charge is 2.32. The van der Waals surface area contributed by atoms with Gasteiger partial charge in [0.1, 0.15) is 18.6 Å². The maximum atomic E-state index is 12.6. The number of nitrogens with two attached hydrogens (primary N) is 1. The molecule has 7 N–H and O–H groups in total. The number of carbonyl (C=O) groups is 5. The van der Waals surface area contributed by atoms with Gasteiger partial charge in [-0.3, -0.25) is 24.0 Å². The number of carboxylic acid groups (broad SMARTS) is 2. The van der Waals surface area contributed by atoms with E-state index < -0.39 is 60.8 Å². The molecule has 0 aromatic carbocycles. The first-order valence-corrected chi connectivity index (χ1v) is 8.98. The normalized spacial score (nSPS) is 15.1. The predicted molar refractivity (Wildman–Crippen MR) is 99.0 cm³/mol. The lowest BCUT2D eigenvalue weighted by Crippen LogP contribution is -2.58. The minimum absolute atomic E-state index is 0.233. The molecule has 0 rings (SSSR count). The zero-order chi connectivity index (χ0) is 22.0. The summed E-state index contributed by atoms with van der Waals surface area (Å²) in [5.74, 6) is -5.45. The topological polar surface area (TPSA) is 188 Å². The first kappa shape index (κ1) is 25.3. The largest absolute Gasteiger partial charge is 0.481 e. The molecule has 4 atom stereocenters. The molecule has 0 bridgehead atoms. The molecular formula is C17H30N4O7. The van der Waals surface area contributed by atoms with Gasteiger partial charge in [0, 0.05) is 0 Å². The van der Waals surface area contributed by atoms with Crippen molar-refractivity contribution >= 4 is 29.7 Å². The van der Waals surface area contributed by atoms with Crippen LogP contribution in [0.25, 0.3) is 0 Å². The Morgan fingerprint density at radius 2 is 1.46 bits per heavy atom. The van der Waals surface area contributed by atoms with E-state index in [0.29, 0.717) is 6.42 Å². The van der Waals surface area contributed by atoms with E-state index in [1.54, 1.807) is 27.7 Å². The Bertz CT molecular complexity index is 594. The van der Waals surface area contributed by atoms with Gasteiger partial charge >= 0.3 is 11.9 Å². The van der Waals surface area contributed by atoms with Crippen molar-refractivity contribution in [3.8, 4) is 0 Å². The lowest BCUT2D eigenvalue weighted by atomic mass is 9.97. The fourth-order valence-corrected chi connectivity index (χ4v) is 2.18. The summed E-state index contributed by atoms with van der Waals surface area (Å²) in [6, 6.07) is -3.47. The summed E-state index contributed by atoms with van der Waals surface area (Å²) in [6.07, 6.45) is -0.216. The second kappa shape index (κ2) is 11.9. The van der Waals surface area contributed by atoms with Crippen molar-refractivity contribution in [2.75, 3.05) is 6.54 Å². The van der Waals surface area contributed by atoms with Crippen LogP contribution in [0.1, 0.15) is 40.5 Å². The Labute approximate surface area is 163 Å². The quantitative estimate of drug-likeness (QED) is 0.231. The highest BCUT2D eigenvalue weighted by Crippen LogP contribution is 2.09. The van der Waals surface area contributed by atoms with Crippen molar-refractivity contribution in [1.29, 1.82) is 0 Å². The Balaban J connectivity index is 5.34. The fraction of sp³-hybridized carbons (Fsp3) is 0.706.